The van der Waals surface area contributed by atoms with Gasteiger partial charge in [0.15, 0.2) is 6.10 Å². The fourth-order valence-electron chi connectivity index (χ4n) is 2.10. The lowest BCUT2D eigenvalue weighted by atomic mass is 10.1. The van der Waals surface area contributed by atoms with Crippen molar-refractivity contribution in [1.82, 2.24) is 4.57 Å². The van der Waals surface area contributed by atoms with E-state index in [0.29, 0.717) is 5.56 Å². The zero-order chi connectivity index (χ0) is 13.3. The van der Waals surface area contributed by atoms with Gasteiger partial charge in [0, 0.05) is 29.7 Å². The highest BCUT2D eigenvalue weighted by atomic mass is 16.5. The molecule has 1 aromatic carbocycles. The Kier molecular flexibility index (Phi) is 3.39. The first-order valence-electron chi connectivity index (χ1n) is 5.95. The molecule has 0 aliphatic heterocycles. The van der Waals surface area contributed by atoms with Crippen LogP contribution < -0.4 is 0 Å². The minimum atomic E-state index is -1.23. The third-order valence-electron chi connectivity index (χ3n) is 2.98. The van der Waals surface area contributed by atoms with Gasteiger partial charge in [0.2, 0.25) is 0 Å². The molecule has 0 aliphatic carbocycles. The number of benzene rings is 1. The van der Waals surface area contributed by atoms with Gasteiger partial charge < -0.3 is 14.4 Å². The van der Waals surface area contributed by atoms with E-state index in [0.717, 1.165) is 16.5 Å². The zero-order valence-electron chi connectivity index (χ0n) is 10.8. The maximum absolute atomic E-state index is 11.6. The molecule has 0 amide bonds. The Morgan fingerprint density at radius 3 is 2.89 bits per heavy atom. The number of aliphatic hydroxyl groups excluding tert-OH is 1. The lowest BCUT2D eigenvalue weighted by Crippen LogP contribution is -2.15. The van der Waals surface area contributed by atoms with Crippen molar-refractivity contribution in [2.24, 2.45) is 7.05 Å². The Labute approximate surface area is 106 Å². The van der Waals surface area contributed by atoms with Crippen LogP contribution in [0.1, 0.15) is 24.2 Å². The number of fused-ring (bicyclic) bond motifs is 1. The normalized spacial score (nSPS) is 12.7. The number of aliphatic hydroxyl groups is 1. The van der Waals surface area contributed by atoms with Crippen LogP contribution in [0, 0.1) is 6.92 Å². The van der Waals surface area contributed by atoms with E-state index in [-0.39, 0.29) is 6.61 Å². The maximum atomic E-state index is 11.6. The maximum Gasteiger partial charge on any atom is 0.339 e. The Morgan fingerprint density at radius 1 is 1.50 bits per heavy atom. The van der Waals surface area contributed by atoms with Gasteiger partial charge in [0.25, 0.3) is 0 Å². The van der Waals surface area contributed by atoms with Crippen LogP contribution in [0.25, 0.3) is 10.9 Å². The molecule has 1 heterocycles. The van der Waals surface area contributed by atoms with Crippen LogP contribution in [0.2, 0.25) is 0 Å². The van der Waals surface area contributed by atoms with Gasteiger partial charge in [-0.25, -0.2) is 4.79 Å². The molecule has 0 bridgehead atoms. The minimum Gasteiger partial charge on any atom is -0.464 e. The number of aromatic nitrogens is 1. The SMILES string of the molecule is CCOC(=O)C(O)c1cn(C)c2ccc(C)cc12. The van der Waals surface area contributed by atoms with Crippen molar-refractivity contribution in [3.8, 4) is 0 Å². The average Bonchev–Trinajstić information content (AvgIpc) is 2.65. The molecule has 96 valence electrons. The summed E-state index contributed by atoms with van der Waals surface area (Å²) in [6.45, 7) is 3.96. The summed E-state index contributed by atoms with van der Waals surface area (Å²) >= 11 is 0. The molecule has 4 nitrogen and oxygen atoms in total. The second-order valence-corrected chi connectivity index (χ2v) is 4.37. The summed E-state index contributed by atoms with van der Waals surface area (Å²) in [5.41, 5.74) is 2.67. The molecule has 2 aromatic rings. The van der Waals surface area contributed by atoms with Gasteiger partial charge >= 0.3 is 5.97 Å². The van der Waals surface area contributed by atoms with Crippen molar-refractivity contribution >= 4 is 16.9 Å². The molecule has 0 spiro atoms. The summed E-state index contributed by atoms with van der Waals surface area (Å²) in [6.07, 6.45) is 0.543. The van der Waals surface area contributed by atoms with E-state index < -0.39 is 12.1 Å². The van der Waals surface area contributed by atoms with Gasteiger partial charge in [0.1, 0.15) is 0 Å². The van der Waals surface area contributed by atoms with Gasteiger partial charge in [-0.15, -0.1) is 0 Å². The average molecular weight is 247 g/mol. The quantitative estimate of drug-likeness (QED) is 0.845. The minimum absolute atomic E-state index is 0.264. The van der Waals surface area contributed by atoms with Crippen LogP contribution in [0.3, 0.4) is 0 Å². The van der Waals surface area contributed by atoms with E-state index in [2.05, 4.69) is 0 Å². The van der Waals surface area contributed by atoms with E-state index in [1.54, 1.807) is 13.1 Å². The van der Waals surface area contributed by atoms with Crippen molar-refractivity contribution in [3.63, 3.8) is 0 Å². The fraction of sp³-hybridized carbons (Fsp3) is 0.357. The predicted molar refractivity (Wildman–Crippen MR) is 69.2 cm³/mol. The number of hydrogen-bond acceptors (Lipinski definition) is 3. The number of nitrogens with zero attached hydrogens (tertiary/aromatic N) is 1. The second kappa shape index (κ2) is 4.82. The number of aryl methyl sites for hydroxylation is 2. The highest BCUT2D eigenvalue weighted by molar-refractivity contribution is 5.90. The number of carbonyl (C=O) groups is 1. The first kappa shape index (κ1) is 12.6. The fourth-order valence-corrected chi connectivity index (χ4v) is 2.10. The van der Waals surface area contributed by atoms with Crippen LogP contribution in [0.15, 0.2) is 24.4 Å². The molecule has 1 unspecified atom stereocenters. The molecule has 0 aliphatic rings. The monoisotopic (exact) mass is 247 g/mol. The van der Waals surface area contributed by atoms with Crippen LogP contribution >= 0.6 is 0 Å². The van der Waals surface area contributed by atoms with E-state index in [4.69, 9.17) is 4.74 Å². The molecule has 0 radical (unpaired) electrons. The van der Waals surface area contributed by atoms with Crippen LogP contribution in [0.4, 0.5) is 0 Å². The molecule has 1 N–H and O–H groups in total. The zero-order valence-corrected chi connectivity index (χ0v) is 10.8. The molecule has 1 aromatic heterocycles. The second-order valence-electron chi connectivity index (χ2n) is 4.37. The van der Waals surface area contributed by atoms with Crippen molar-refractivity contribution < 1.29 is 14.6 Å². The van der Waals surface area contributed by atoms with Crippen molar-refractivity contribution in [1.29, 1.82) is 0 Å². The van der Waals surface area contributed by atoms with Crippen LogP contribution in [-0.4, -0.2) is 22.2 Å². The summed E-state index contributed by atoms with van der Waals surface area (Å²) < 4.78 is 6.74. The van der Waals surface area contributed by atoms with E-state index in [1.165, 1.54) is 0 Å². The third kappa shape index (κ3) is 2.11. The Balaban J connectivity index is 2.50. The van der Waals surface area contributed by atoms with Crippen molar-refractivity contribution in [3.05, 3.63) is 35.5 Å². The lowest BCUT2D eigenvalue weighted by molar-refractivity contribution is -0.153. The molecule has 4 heteroatoms. The van der Waals surface area contributed by atoms with Crippen LogP contribution in [-0.2, 0) is 16.6 Å². The Bertz CT molecular complexity index is 586. The van der Waals surface area contributed by atoms with E-state index >= 15 is 0 Å². The molecule has 1 atom stereocenters. The van der Waals surface area contributed by atoms with E-state index in [9.17, 15) is 9.90 Å². The molecule has 2 rings (SSSR count). The summed E-state index contributed by atoms with van der Waals surface area (Å²) in [6, 6.07) is 5.95. The molecular weight excluding hydrogens is 230 g/mol. The van der Waals surface area contributed by atoms with Gasteiger partial charge in [0.05, 0.1) is 6.61 Å². The van der Waals surface area contributed by atoms with Crippen molar-refractivity contribution in [2.45, 2.75) is 20.0 Å². The number of esters is 1. The summed E-state index contributed by atoms with van der Waals surface area (Å²) in [5, 5.41) is 10.9. The Morgan fingerprint density at radius 2 is 2.22 bits per heavy atom. The summed E-state index contributed by atoms with van der Waals surface area (Å²) in [7, 11) is 1.89. The van der Waals surface area contributed by atoms with Gasteiger partial charge in [-0.1, -0.05) is 11.6 Å². The number of carbonyl (C=O) groups excluding carboxylic acids is 1. The largest absolute Gasteiger partial charge is 0.464 e. The number of rotatable bonds is 3. The third-order valence-corrected chi connectivity index (χ3v) is 2.98. The Hall–Kier alpha value is -1.81. The lowest BCUT2D eigenvalue weighted by Gasteiger charge is -2.08. The highest BCUT2D eigenvalue weighted by Crippen LogP contribution is 2.27. The summed E-state index contributed by atoms with van der Waals surface area (Å²) in [4.78, 5) is 11.6. The van der Waals surface area contributed by atoms with E-state index in [1.807, 2.05) is 36.7 Å². The predicted octanol–water partition coefficient (Wildman–Crippen LogP) is 2.08. The standard InChI is InChI=1S/C14H17NO3/c1-4-18-14(17)13(16)11-8-15(3)12-6-5-9(2)7-10(11)12/h5-8,13,16H,4H2,1-3H3. The molecule has 0 fully saturated rings. The smallest absolute Gasteiger partial charge is 0.339 e. The van der Waals surface area contributed by atoms with Gasteiger partial charge in [-0.3, -0.25) is 0 Å². The molecule has 0 saturated heterocycles. The summed E-state index contributed by atoms with van der Waals surface area (Å²) in [5.74, 6) is -0.605. The highest BCUT2D eigenvalue weighted by Gasteiger charge is 2.22. The first-order valence-corrected chi connectivity index (χ1v) is 5.95. The topological polar surface area (TPSA) is 51.5 Å². The molecular formula is C14H17NO3. The van der Waals surface area contributed by atoms with Gasteiger partial charge in [-0.05, 0) is 26.0 Å². The van der Waals surface area contributed by atoms with Gasteiger partial charge in [-0.2, -0.15) is 0 Å². The number of hydrogen-bond donors (Lipinski definition) is 1. The van der Waals surface area contributed by atoms with Crippen LogP contribution in [0.5, 0.6) is 0 Å². The van der Waals surface area contributed by atoms with Crippen molar-refractivity contribution in [2.75, 3.05) is 6.61 Å². The molecule has 18 heavy (non-hydrogen) atoms. The molecule has 0 saturated carbocycles. The first-order chi connectivity index (χ1) is 8.54. The number of ether oxygens (including phenoxy) is 1.